The Kier molecular flexibility index (Phi) is 5.92. The first-order valence-corrected chi connectivity index (χ1v) is 9.36. The molecule has 2 aromatic rings. The molecule has 10 heteroatoms. The predicted octanol–water partition coefficient (Wildman–Crippen LogP) is 2.17. The number of amides is 2. The molecule has 24 heavy (non-hydrogen) atoms. The van der Waals surface area contributed by atoms with Gasteiger partial charge in [-0.15, -0.1) is 11.3 Å². The minimum Gasteiger partial charge on any atom is -0.351 e. The maximum absolute atomic E-state index is 13.6. The minimum absolute atomic E-state index is 0.0362. The summed E-state index contributed by atoms with van der Waals surface area (Å²) in [5.41, 5.74) is 0. The summed E-state index contributed by atoms with van der Waals surface area (Å²) in [6, 6.07) is 6.33. The first-order valence-electron chi connectivity index (χ1n) is 6.62. The summed E-state index contributed by atoms with van der Waals surface area (Å²) in [6.45, 7) is -0.0544. The lowest BCUT2D eigenvalue weighted by Crippen LogP contribution is -2.34. The second kappa shape index (κ2) is 7.73. The lowest BCUT2D eigenvalue weighted by Gasteiger charge is -2.08. The molecule has 0 aliphatic heterocycles. The molecule has 0 saturated heterocycles. The lowest BCUT2D eigenvalue weighted by molar-refractivity contribution is -0.119. The molecule has 0 aliphatic carbocycles. The van der Waals surface area contributed by atoms with Gasteiger partial charge in [0.2, 0.25) is 5.91 Å². The van der Waals surface area contributed by atoms with Crippen molar-refractivity contribution in [1.82, 2.24) is 10.0 Å². The highest BCUT2D eigenvalue weighted by atomic mass is 35.5. The van der Waals surface area contributed by atoms with Crippen LogP contribution in [0.4, 0.5) is 4.39 Å². The van der Waals surface area contributed by atoms with Gasteiger partial charge in [-0.1, -0.05) is 17.7 Å². The Bertz CT molecular complexity index is 854. The first-order chi connectivity index (χ1) is 11.3. The molecule has 0 bridgehead atoms. The van der Waals surface area contributed by atoms with Gasteiger partial charge in [-0.25, -0.2) is 17.5 Å². The van der Waals surface area contributed by atoms with Gasteiger partial charge in [-0.3, -0.25) is 9.59 Å². The Morgan fingerprint density at radius 1 is 1.25 bits per heavy atom. The van der Waals surface area contributed by atoms with E-state index in [1.165, 1.54) is 17.4 Å². The summed E-state index contributed by atoms with van der Waals surface area (Å²) in [5.74, 6) is -2.28. The van der Waals surface area contributed by atoms with Gasteiger partial charge < -0.3 is 5.32 Å². The molecule has 0 radical (unpaired) electrons. The van der Waals surface area contributed by atoms with E-state index in [2.05, 4.69) is 5.32 Å². The van der Waals surface area contributed by atoms with Crippen LogP contribution in [0.3, 0.4) is 0 Å². The molecule has 2 N–H and O–H groups in total. The van der Waals surface area contributed by atoms with E-state index in [4.69, 9.17) is 11.6 Å². The molecule has 1 heterocycles. The van der Waals surface area contributed by atoms with Crippen LogP contribution in [-0.2, 0) is 14.8 Å². The van der Waals surface area contributed by atoms with Crippen molar-refractivity contribution in [1.29, 1.82) is 0 Å². The van der Waals surface area contributed by atoms with E-state index in [0.717, 1.165) is 12.1 Å². The Morgan fingerprint density at radius 2 is 2.00 bits per heavy atom. The van der Waals surface area contributed by atoms with Crippen LogP contribution in [0.25, 0.3) is 0 Å². The molecule has 1 aromatic heterocycles. The van der Waals surface area contributed by atoms with Gasteiger partial charge in [0.25, 0.3) is 15.9 Å². The van der Waals surface area contributed by atoms with Crippen LogP contribution in [-0.4, -0.2) is 26.8 Å². The Balaban J connectivity index is 1.90. The Hall–Kier alpha value is -1.97. The summed E-state index contributed by atoms with van der Waals surface area (Å²) in [4.78, 5) is 23.1. The number of rotatable bonds is 6. The van der Waals surface area contributed by atoms with Crippen molar-refractivity contribution in [2.24, 2.45) is 0 Å². The molecule has 6 nitrogen and oxygen atoms in total. The maximum atomic E-state index is 13.6. The van der Waals surface area contributed by atoms with Crippen molar-refractivity contribution in [3.05, 3.63) is 51.4 Å². The fraction of sp³-hybridized carbons (Fsp3) is 0.143. The standard InChI is InChI=1S/C14H12ClFN2O4S2/c15-9-3-4-12(10(16)8-9)24(21,22)18-13(19)5-6-17-14(20)11-2-1-7-23-11/h1-4,7-8H,5-6H2,(H,17,20)(H,18,19). The average Bonchev–Trinajstić information content (AvgIpc) is 3.00. The Labute approximate surface area is 146 Å². The lowest BCUT2D eigenvalue weighted by atomic mass is 10.3. The molecule has 128 valence electrons. The number of benzene rings is 1. The zero-order chi connectivity index (χ0) is 17.7. The smallest absolute Gasteiger partial charge is 0.266 e. The summed E-state index contributed by atoms with van der Waals surface area (Å²) < 4.78 is 39.3. The third-order valence-electron chi connectivity index (χ3n) is 2.81. The SMILES string of the molecule is O=C(CCNC(=O)c1cccs1)NS(=O)(=O)c1ccc(Cl)cc1F. The van der Waals surface area contributed by atoms with Crippen molar-refractivity contribution < 1.29 is 22.4 Å². The van der Waals surface area contributed by atoms with Gasteiger partial charge in [0.15, 0.2) is 0 Å². The maximum Gasteiger partial charge on any atom is 0.266 e. The number of halogens is 2. The van der Waals surface area contributed by atoms with Crippen LogP contribution in [0, 0.1) is 5.82 Å². The second-order valence-electron chi connectivity index (χ2n) is 4.59. The third-order valence-corrected chi connectivity index (χ3v) is 5.32. The van der Waals surface area contributed by atoms with E-state index in [9.17, 15) is 22.4 Å². The number of sulfonamides is 1. The summed E-state index contributed by atoms with van der Waals surface area (Å²) >= 11 is 6.79. The van der Waals surface area contributed by atoms with E-state index < -0.39 is 26.6 Å². The predicted molar refractivity (Wildman–Crippen MR) is 88.0 cm³/mol. The number of thiophene rings is 1. The fourth-order valence-electron chi connectivity index (χ4n) is 1.73. The highest BCUT2D eigenvalue weighted by molar-refractivity contribution is 7.90. The quantitative estimate of drug-likeness (QED) is 0.790. The molecule has 0 aliphatic rings. The topological polar surface area (TPSA) is 92.3 Å². The van der Waals surface area contributed by atoms with Crippen molar-refractivity contribution in [3.8, 4) is 0 Å². The van der Waals surface area contributed by atoms with Crippen LogP contribution in [0.15, 0.2) is 40.6 Å². The van der Waals surface area contributed by atoms with E-state index in [1.807, 2.05) is 0 Å². The number of carbonyl (C=O) groups is 2. The van der Waals surface area contributed by atoms with E-state index in [-0.39, 0.29) is 23.9 Å². The van der Waals surface area contributed by atoms with Crippen LogP contribution in [0.2, 0.25) is 5.02 Å². The Morgan fingerprint density at radius 3 is 2.62 bits per heavy atom. The van der Waals surface area contributed by atoms with Gasteiger partial charge in [0.1, 0.15) is 10.7 Å². The van der Waals surface area contributed by atoms with Crippen molar-refractivity contribution in [3.63, 3.8) is 0 Å². The number of hydrogen-bond donors (Lipinski definition) is 2. The first kappa shape index (κ1) is 18.4. The molecular weight excluding hydrogens is 379 g/mol. The largest absolute Gasteiger partial charge is 0.351 e. The molecular formula is C14H12ClFN2O4S2. The fourth-order valence-corrected chi connectivity index (χ4v) is 3.61. The normalized spacial score (nSPS) is 11.1. The van der Waals surface area contributed by atoms with Gasteiger partial charge in [-0.05, 0) is 29.6 Å². The van der Waals surface area contributed by atoms with Crippen molar-refractivity contribution in [2.75, 3.05) is 6.54 Å². The van der Waals surface area contributed by atoms with Crippen molar-refractivity contribution >= 4 is 44.8 Å². The zero-order valence-corrected chi connectivity index (χ0v) is 14.5. The molecule has 0 saturated carbocycles. The zero-order valence-electron chi connectivity index (χ0n) is 12.1. The van der Waals surface area contributed by atoms with E-state index in [0.29, 0.717) is 4.88 Å². The van der Waals surface area contributed by atoms with Crippen LogP contribution >= 0.6 is 22.9 Å². The van der Waals surface area contributed by atoms with Gasteiger partial charge >= 0.3 is 0 Å². The second-order valence-corrected chi connectivity index (χ2v) is 7.62. The molecule has 0 unspecified atom stereocenters. The molecule has 1 aromatic carbocycles. The third kappa shape index (κ3) is 4.76. The molecule has 2 amide bonds. The van der Waals surface area contributed by atoms with Crippen LogP contribution < -0.4 is 10.0 Å². The highest BCUT2D eigenvalue weighted by Gasteiger charge is 2.21. The minimum atomic E-state index is -4.34. The van der Waals surface area contributed by atoms with E-state index in [1.54, 1.807) is 22.2 Å². The summed E-state index contributed by atoms with van der Waals surface area (Å²) in [5, 5.41) is 4.25. The van der Waals surface area contributed by atoms with Gasteiger partial charge in [-0.2, -0.15) is 0 Å². The molecule has 2 rings (SSSR count). The van der Waals surface area contributed by atoms with Gasteiger partial charge in [0, 0.05) is 18.0 Å². The van der Waals surface area contributed by atoms with Crippen LogP contribution in [0.5, 0.6) is 0 Å². The highest BCUT2D eigenvalue weighted by Crippen LogP contribution is 2.18. The van der Waals surface area contributed by atoms with Crippen LogP contribution in [0.1, 0.15) is 16.1 Å². The van der Waals surface area contributed by atoms with Gasteiger partial charge in [0.05, 0.1) is 4.88 Å². The molecule has 0 spiro atoms. The summed E-state index contributed by atoms with van der Waals surface area (Å²) in [6.07, 6.45) is -0.272. The summed E-state index contributed by atoms with van der Waals surface area (Å²) in [7, 11) is -4.34. The molecule has 0 atom stereocenters. The molecule has 0 fully saturated rings. The number of carbonyl (C=O) groups excluding carboxylic acids is 2. The monoisotopic (exact) mass is 390 g/mol. The average molecular weight is 391 g/mol. The number of nitrogens with one attached hydrogen (secondary N) is 2. The van der Waals surface area contributed by atoms with E-state index >= 15 is 0 Å². The number of hydrogen-bond acceptors (Lipinski definition) is 5. The van der Waals surface area contributed by atoms with Crippen molar-refractivity contribution in [2.45, 2.75) is 11.3 Å².